The smallest absolute Gasteiger partial charge is 0.345 e. The first-order chi connectivity index (χ1) is 6.47. The number of hydrogen-bond donors (Lipinski definition) is 2. The van der Waals surface area contributed by atoms with Gasteiger partial charge in [-0.3, -0.25) is 9.59 Å². The molecule has 14 heavy (non-hydrogen) atoms. The van der Waals surface area contributed by atoms with E-state index in [9.17, 15) is 14.4 Å². The molecule has 0 saturated heterocycles. The average Bonchev–Trinajstić information content (AvgIpc) is 2.10. The van der Waals surface area contributed by atoms with Crippen molar-refractivity contribution >= 4 is 17.9 Å². The first-order valence-electron chi connectivity index (χ1n) is 4.11. The summed E-state index contributed by atoms with van der Waals surface area (Å²) in [6, 6.07) is 0. The molecule has 0 saturated carbocycles. The second kappa shape index (κ2) is 5.95. The lowest BCUT2D eigenvalue weighted by Crippen LogP contribution is -2.26. The number of carboxylic acids is 2. The standard InChI is InChI=1S/C8H12O6/c1-2-5(8(12)13)14-7(11)4-3-6(9)10/h5H,2-4H2,1H3,(H,9,10)(H,12,13). The van der Waals surface area contributed by atoms with E-state index in [0.29, 0.717) is 0 Å². The molecular formula is C8H12O6. The number of carboxylic acid groups (broad SMARTS) is 2. The summed E-state index contributed by atoms with van der Waals surface area (Å²) in [6.07, 6.45) is -1.68. The maximum absolute atomic E-state index is 10.9. The fourth-order valence-corrected chi connectivity index (χ4v) is 0.735. The molecule has 6 nitrogen and oxygen atoms in total. The van der Waals surface area contributed by atoms with Gasteiger partial charge in [0.15, 0.2) is 6.10 Å². The highest BCUT2D eigenvalue weighted by atomic mass is 16.6. The number of ether oxygens (including phenoxy) is 1. The predicted octanol–water partition coefficient (Wildman–Crippen LogP) is 0.258. The maximum Gasteiger partial charge on any atom is 0.345 e. The lowest BCUT2D eigenvalue weighted by Gasteiger charge is -2.10. The van der Waals surface area contributed by atoms with E-state index in [2.05, 4.69) is 4.74 Å². The van der Waals surface area contributed by atoms with Crippen LogP contribution in [-0.2, 0) is 19.1 Å². The number of carbonyl (C=O) groups excluding carboxylic acids is 1. The van der Waals surface area contributed by atoms with Crippen molar-refractivity contribution < 1.29 is 29.3 Å². The van der Waals surface area contributed by atoms with Crippen LogP contribution >= 0.6 is 0 Å². The third-order valence-electron chi connectivity index (χ3n) is 1.46. The summed E-state index contributed by atoms with van der Waals surface area (Å²) in [4.78, 5) is 31.4. The Labute approximate surface area is 80.5 Å². The second-order valence-electron chi connectivity index (χ2n) is 2.62. The van der Waals surface area contributed by atoms with Gasteiger partial charge in [0.25, 0.3) is 0 Å². The minimum Gasteiger partial charge on any atom is -0.481 e. The zero-order valence-electron chi connectivity index (χ0n) is 7.73. The minimum atomic E-state index is -1.23. The fraction of sp³-hybridized carbons (Fsp3) is 0.625. The Bertz CT molecular complexity index is 234. The van der Waals surface area contributed by atoms with Crippen molar-refractivity contribution in [3.63, 3.8) is 0 Å². The topological polar surface area (TPSA) is 101 Å². The van der Waals surface area contributed by atoms with Crippen LogP contribution in [0.15, 0.2) is 0 Å². The number of aliphatic carboxylic acids is 2. The molecule has 0 aliphatic carbocycles. The van der Waals surface area contributed by atoms with Crippen LogP contribution in [-0.4, -0.2) is 34.2 Å². The lowest BCUT2D eigenvalue weighted by atomic mass is 10.2. The number of hydrogen-bond acceptors (Lipinski definition) is 4. The van der Waals surface area contributed by atoms with Crippen molar-refractivity contribution in [3.8, 4) is 0 Å². The minimum absolute atomic E-state index is 0.161. The van der Waals surface area contributed by atoms with E-state index in [1.165, 1.54) is 0 Å². The van der Waals surface area contributed by atoms with E-state index >= 15 is 0 Å². The Hall–Kier alpha value is -1.59. The first kappa shape index (κ1) is 12.4. The maximum atomic E-state index is 10.9. The third-order valence-corrected chi connectivity index (χ3v) is 1.46. The predicted molar refractivity (Wildman–Crippen MR) is 44.7 cm³/mol. The molecule has 6 heteroatoms. The van der Waals surface area contributed by atoms with Gasteiger partial charge in [-0.05, 0) is 6.42 Å². The molecule has 0 fully saturated rings. The summed E-state index contributed by atoms with van der Waals surface area (Å²) >= 11 is 0. The Balaban J connectivity index is 3.91. The van der Waals surface area contributed by atoms with Gasteiger partial charge in [0.05, 0.1) is 12.8 Å². The molecule has 0 bridgehead atoms. The largest absolute Gasteiger partial charge is 0.481 e. The Kier molecular flexibility index (Phi) is 5.28. The summed E-state index contributed by atoms with van der Waals surface area (Å²) in [6.45, 7) is 1.56. The normalized spacial score (nSPS) is 11.8. The molecule has 0 amide bonds. The molecule has 80 valence electrons. The zero-order chi connectivity index (χ0) is 11.1. The van der Waals surface area contributed by atoms with Gasteiger partial charge in [0, 0.05) is 0 Å². The molecule has 0 rings (SSSR count). The quantitative estimate of drug-likeness (QED) is 0.601. The molecule has 0 radical (unpaired) electrons. The van der Waals surface area contributed by atoms with Crippen LogP contribution in [0, 0.1) is 0 Å². The molecular weight excluding hydrogens is 192 g/mol. The van der Waals surface area contributed by atoms with Gasteiger partial charge in [-0.15, -0.1) is 0 Å². The molecule has 0 aromatic carbocycles. The zero-order valence-corrected chi connectivity index (χ0v) is 7.73. The second-order valence-corrected chi connectivity index (χ2v) is 2.62. The Morgan fingerprint density at radius 2 is 1.79 bits per heavy atom. The molecule has 0 aromatic heterocycles. The summed E-state index contributed by atoms with van der Waals surface area (Å²) in [5.41, 5.74) is 0. The SMILES string of the molecule is CCC(OC(=O)CCC(=O)O)C(=O)O. The van der Waals surface area contributed by atoms with Crippen LogP contribution in [0.5, 0.6) is 0 Å². The van der Waals surface area contributed by atoms with Crippen LogP contribution in [0.25, 0.3) is 0 Å². The lowest BCUT2D eigenvalue weighted by molar-refractivity contribution is -0.164. The van der Waals surface area contributed by atoms with E-state index in [1.807, 2.05) is 0 Å². The molecule has 1 unspecified atom stereocenters. The number of carbonyl (C=O) groups is 3. The van der Waals surface area contributed by atoms with Gasteiger partial charge in [-0.2, -0.15) is 0 Å². The Morgan fingerprint density at radius 1 is 1.21 bits per heavy atom. The molecule has 0 aliphatic rings. The van der Waals surface area contributed by atoms with E-state index in [1.54, 1.807) is 6.92 Å². The van der Waals surface area contributed by atoms with E-state index in [-0.39, 0.29) is 19.3 Å². The van der Waals surface area contributed by atoms with Gasteiger partial charge >= 0.3 is 17.9 Å². The monoisotopic (exact) mass is 204 g/mol. The summed E-state index contributed by atoms with van der Waals surface area (Å²) in [7, 11) is 0. The third kappa shape index (κ3) is 5.13. The van der Waals surface area contributed by atoms with Crippen LogP contribution in [0.2, 0.25) is 0 Å². The van der Waals surface area contributed by atoms with E-state index in [0.717, 1.165) is 0 Å². The molecule has 0 heterocycles. The average molecular weight is 204 g/mol. The molecule has 2 N–H and O–H groups in total. The number of esters is 1. The Morgan fingerprint density at radius 3 is 2.14 bits per heavy atom. The number of rotatable bonds is 6. The highest BCUT2D eigenvalue weighted by molar-refractivity contribution is 5.80. The van der Waals surface area contributed by atoms with Crippen molar-refractivity contribution in [2.75, 3.05) is 0 Å². The van der Waals surface area contributed by atoms with Crippen molar-refractivity contribution in [1.29, 1.82) is 0 Å². The summed E-state index contributed by atoms with van der Waals surface area (Å²) in [5.74, 6) is -3.15. The van der Waals surface area contributed by atoms with Gasteiger partial charge in [0.1, 0.15) is 0 Å². The van der Waals surface area contributed by atoms with Gasteiger partial charge in [-0.1, -0.05) is 6.92 Å². The highest BCUT2D eigenvalue weighted by Gasteiger charge is 2.19. The first-order valence-corrected chi connectivity index (χ1v) is 4.11. The van der Waals surface area contributed by atoms with Gasteiger partial charge < -0.3 is 14.9 Å². The van der Waals surface area contributed by atoms with Crippen molar-refractivity contribution in [3.05, 3.63) is 0 Å². The fourth-order valence-electron chi connectivity index (χ4n) is 0.735. The van der Waals surface area contributed by atoms with Crippen molar-refractivity contribution in [2.45, 2.75) is 32.3 Å². The van der Waals surface area contributed by atoms with Crippen LogP contribution in [0.1, 0.15) is 26.2 Å². The van der Waals surface area contributed by atoms with E-state index in [4.69, 9.17) is 10.2 Å². The summed E-state index contributed by atoms with van der Waals surface area (Å²) < 4.78 is 4.51. The van der Waals surface area contributed by atoms with Crippen molar-refractivity contribution in [2.24, 2.45) is 0 Å². The molecule has 0 aliphatic heterocycles. The van der Waals surface area contributed by atoms with E-state index < -0.39 is 24.0 Å². The van der Waals surface area contributed by atoms with Gasteiger partial charge in [-0.25, -0.2) is 4.79 Å². The molecule has 1 atom stereocenters. The van der Waals surface area contributed by atoms with Crippen molar-refractivity contribution in [1.82, 2.24) is 0 Å². The van der Waals surface area contributed by atoms with Gasteiger partial charge in [0.2, 0.25) is 0 Å². The summed E-state index contributed by atoms with van der Waals surface area (Å²) in [5, 5.41) is 16.7. The van der Waals surface area contributed by atoms with Crippen LogP contribution in [0.3, 0.4) is 0 Å². The van der Waals surface area contributed by atoms with Crippen LogP contribution in [0.4, 0.5) is 0 Å². The highest BCUT2D eigenvalue weighted by Crippen LogP contribution is 2.02. The molecule has 0 aromatic rings. The molecule has 0 spiro atoms. The van der Waals surface area contributed by atoms with Crippen LogP contribution < -0.4 is 0 Å².